The zero-order chi connectivity index (χ0) is 31.1. The second-order valence-corrected chi connectivity index (χ2v) is 11.6. The molecule has 0 fully saturated rings. The van der Waals surface area contributed by atoms with E-state index in [1.165, 1.54) is 12.5 Å². The van der Waals surface area contributed by atoms with Gasteiger partial charge in [-0.1, -0.05) is 12.1 Å². The summed E-state index contributed by atoms with van der Waals surface area (Å²) < 4.78 is 59.8. The average molecular weight is 621 g/mol. The molecule has 4 heterocycles. The molecule has 0 aliphatic carbocycles. The quantitative estimate of drug-likeness (QED) is 0.113. The lowest BCUT2D eigenvalue weighted by Crippen LogP contribution is -2.34. The van der Waals surface area contributed by atoms with Crippen molar-refractivity contribution in [2.24, 2.45) is 4.99 Å². The first-order valence-electron chi connectivity index (χ1n) is 14.1. The van der Waals surface area contributed by atoms with E-state index in [0.717, 1.165) is 34.7 Å². The van der Waals surface area contributed by atoms with Gasteiger partial charge in [0.25, 0.3) is 0 Å². The number of hydrogen-bond acceptors (Lipinski definition) is 8. The Balaban J connectivity index is 1.70. The Kier molecular flexibility index (Phi) is 8.14. The van der Waals surface area contributed by atoms with Gasteiger partial charge >= 0.3 is 0 Å². The Hall–Kier alpha value is -4.26. The highest BCUT2D eigenvalue weighted by atomic mass is 32.1. The number of ether oxygens (including phenoxy) is 2. The molecule has 1 aliphatic rings. The van der Waals surface area contributed by atoms with Crippen molar-refractivity contribution in [3.63, 3.8) is 0 Å². The van der Waals surface area contributed by atoms with Crippen LogP contribution in [0.4, 0.5) is 18.9 Å². The first-order valence-corrected chi connectivity index (χ1v) is 15.0. The van der Waals surface area contributed by atoms with Gasteiger partial charge in [-0.05, 0) is 26.0 Å². The number of nitrogens with zero attached hydrogens (tertiary/aromatic N) is 4. The highest BCUT2D eigenvalue weighted by molar-refractivity contribution is 7.17. The summed E-state index contributed by atoms with van der Waals surface area (Å²) in [6.07, 6.45) is 1.65. The fourth-order valence-corrected chi connectivity index (χ4v) is 6.50. The molecule has 0 saturated heterocycles. The predicted molar refractivity (Wildman–Crippen MR) is 168 cm³/mol. The number of thiophene rings is 1. The second-order valence-electron chi connectivity index (χ2n) is 10.7. The fraction of sp³-hybridized carbons (Fsp3) is 0.281. The minimum Gasteiger partial charge on any atom is -0.490 e. The number of rotatable bonds is 8. The first-order chi connectivity index (χ1) is 21.2. The molecular weight excluding hydrogens is 589 g/mol. The molecule has 3 aromatic heterocycles. The van der Waals surface area contributed by atoms with Crippen LogP contribution in [0.1, 0.15) is 37.2 Å². The van der Waals surface area contributed by atoms with E-state index < -0.39 is 17.5 Å². The number of aliphatic imine (C=N–C) groups is 1. The fourth-order valence-electron chi connectivity index (χ4n) is 5.56. The number of pyridine rings is 1. The number of anilines is 1. The molecule has 44 heavy (non-hydrogen) atoms. The molecular formula is C32H31F3N6O2S. The van der Waals surface area contributed by atoms with Crippen molar-refractivity contribution in [2.45, 2.75) is 25.9 Å². The van der Waals surface area contributed by atoms with Crippen molar-refractivity contribution in [1.82, 2.24) is 20.1 Å². The van der Waals surface area contributed by atoms with Gasteiger partial charge in [-0.3, -0.25) is 9.67 Å². The molecule has 2 atom stereocenters. The minimum absolute atomic E-state index is 0.0138. The average Bonchev–Trinajstić information content (AvgIpc) is 3.61. The first kappa shape index (κ1) is 29.8. The van der Waals surface area contributed by atoms with Crippen LogP contribution in [0.3, 0.4) is 0 Å². The number of nitrogen functional groups attached to an aromatic ring is 1. The molecule has 2 aromatic carbocycles. The van der Waals surface area contributed by atoms with E-state index in [4.69, 9.17) is 25.3 Å². The van der Waals surface area contributed by atoms with Crippen LogP contribution in [0.5, 0.6) is 5.75 Å². The van der Waals surface area contributed by atoms with Crippen molar-refractivity contribution < 1.29 is 22.6 Å². The summed E-state index contributed by atoms with van der Waals surface area (Å²) in [7, 11) is 3.15. The maximum absolute atomic E-state index is 16.0. The molecule has 5 aromatic rings. The molecule has 1 aliphatic heterocycles. The Morgan fingerprint density at radius 3 is 2.64 bits per heavy atom. The third-order valence-corrected chi connectivity index (χ3v) is 8.66. The molecule has 3 N–H and O–H groups in total. The van der Waals surface area contributed by atoms with E-state index in [1.54, 1.807) is 19.3 Å². The van der Waals surface area contributed by atoms with Crippen LogP contribution in [0, 0.1) is 17.5 Å². The second kappa shape index (κ2) is 12.0. The number of fused-ring (bicyclic) bond motifs is 2. The smallest absolute Gasteiger partial charge is 0.142 e. The van der Waals surface area contributed by atoms with Gasteiger partial charge in [-0.15, -0.1) is 11.3 Å². The molecule has 8 nitrogen and oxygen atoms in total. The van der Waals surface area contributed by atoms with E-state index in [2.05, 4.69) is 10.3 Å². The maximum Gasteiger partial charge on any atom is 0.142 e. The van der Waals surface area contributed by atoms with E-state index in [9.17, 15) is 4.39 Å². The highest BCUT2D eigenvalue weighted by Crippen LogP contribution is 2.48. The summed E-state index contributed by atoms with van der Waals surface area (Å²) >= 11 is 1.14. The van der Waals surface area contributed by atoms with E-state index in [0.29, 0.717) is 33.9 Å². The van der Waals surface area contributed by atoms with E-state index in [1.807, 2.05) is 36.7 Å². The third kappa shape index (κ3) is 5.23. The minimum atomic E-state index is -0.917. The highest BCUT2D eigenvalue weighted by Gasteiger charge is 2.30. The number of nitrogens with two attached hydrogens (primary N) is 1. The van der Waals surface area contributed by atoms with Gasteiger partial charge in [-0.2, -0.15) is 5.10 Å². The van der Waals surface area contributed by atoms with E-state index >= 15 is 8.78 Å². The zero-order valence-electron chi connectivity index (χ0n) is 24.6. The maximum atomic E-state index is 16.0. The standard InChI is InChI=1S/C32H31F3N6O2S/c1-16-13-38-17(2)25-12-24(40-41(16)25)31-29(27-21(34)10-20(33)11-26(27)43-8-7-42-4)28-22(35)15-44-32(28)30(39-31)18-5-6-19(14-37-3)23(36)9-18/h5-6,9-12,14-17,38H,7-8,13,36H2,1-4H3. The summed E-state index contributed by atoms with van der Waals surface area (Å²) in [5, 5.41) is 9.82. The SMILES string of the molecule is CN=Cc1ccc(-c2nc(-c3cc4n(n3)C(C)CNC4C)c(-c3c(F)cc(F)cc3OCCOC)c3c(F)csc23)cc1N. The van der Waals surface area contributed by atoms with Crippen molar-refractivity contribution >= 4 is 33.3 Å². The number of methoxy groups -OCH3 is 1. The number of nitrogens with one attached hydrogen (secondary N) is 1. The van der Waals surface area contributed by atoms with Gasteiger partial charge in [0, 0.05) is 78.2 Å². The molecule has 12 heteroatoms. The zero-order valence-corrected chi connectivity index (χ0v) is 25.4. The van der Waals surface area contributed by atoms with Crippen molar-refractivity contribution in [3.8, 4) is 39.5 Å². The summed E-state index contributed by atoms with van der Waals surface area (Å²) in [5.41, 5.74) is 10.2. The van der Waals surface area contributed by atoms with Gasteiger partial charge in [0.05, 0.1) is 34.3 Å². The molecule has 2 unspecified atom stereocenters. The van der Waals surface area contributed by atoms with Gasteiger partial charge in [-0.25, -0.2) is 18.2 Å². The third-order valence-electron chi connectivity index (χ3n) is 7.70. The summed E-state index contributed by atoms with van der Waals surface area (Å²) in [5.74, 6) is -2.42. The van der Waals surface area contributed by atoms with Gasteiger partial charge < -0.3 is 20.5 Å². The topological polar surface area (TPSA) is 99.6 Å². The van der Waals surface area contributed by atoms with Crippen LogP contribution in [-0.2, 0) is 4.74 Å². The lowest BCUT2D eigenvalue weighted by molar-refractivity contribution is 0.146. The molecule has 228 valence electrons. The van der Waals surface area contributed by atoms with Crippen LogP contribution in [0.25, 0.3) is 43.9 Å². The summed E-state index contributed by atoms with van der Waals surface area (Å²) in [6.45, 7) is 4.97. The Morgan fingerprint density at radius 2 is 1.91 bits per heavy atom. The lowest BCUT2D eigenvalue weighted by Gasteiger charge is -2.27. The van der Waals surface area contributed by atoms with Crippen molar-refractivity contribution in [3.05, 3.63) is 70.5 Å². The van der Waals surface area contributed by atoms with Gasteiger partial charge in [0.1, 0.15) is 41.2 Å². The normalized spacial score (nSPS) is 16.6. The van der Waals surface area contributed by atoms with Crippen LogP contribution in [-0.4, -0.2) is 54.9 Å². The van der Waals surface area contributed by atoms with Crippen LogP contribution in [0.2, 0.25) is 0 Å². The van der Waals surface area contributed by atoms with E-state index in [-0.39, 0.29) is 53.3 Å². The van der Waals surface area contributed by atoms with Crippen molar-refractivity contribution in [1.29, 1.82) is 0 Å². The molecule has 0 bridgehead atoms. The molecule has 6 rings (SSSR count). The number of halogens is 3. The molecule has 0 amide bonds. The molecule has 0 saturated carbocycles. The van der Waals surface area contributed by atoms with Crippen LogP contribution >= 0.6 is 11.3 Å². The summed E-state index contributed by atoms with van der Waals surface area (Å²) in [4.78, 5) is 9.11. The van der Waals surface area contributed by atoms with Gasteiger partial charge in [0.15, 0.2) is 0 Å². The van der Waals surface area contributed by atoms with Crippen LogP contribution < -0.4 is 15.8 Å². The number of aromatic nitrogens is 3. The monoisotopic (exact) mass is 620 g/mol. The number of benzene rings is 2. The molecule has 0 spiro atoms. The number of hydrogen-bond donors (Lipinski definition) is 2. The molecule has 0 radical (unpaired) electrons. The largest absolute Gasteiger partial charge is 0.490 e. The lowest BCUT2D eigenvalue weighted by atomic mass is 9.94. The van der Waals surface area contributed by atoms with Crippen LogP contribution in [0.15, 0.2) is 46.8 Å². The van der Waals surface area contributed by atoms with Gasteiger partial charge in [0.2, 0.25) is 0 Å². The Bertz CT molecular complexity index is 1880. The Labute approximate surface area is 256 Å². The van der Waals surface area contributed by atoms with Crippen molar-refractivity contribution in [2.75, 3.05) is 39.6 Å². The predicted octanol–water partition coefficient (Wildman–Crippen LogP) is 6.79. The summed E-state index contributed by atoms with van der Waals surface area (Å²) in [6, 6.07) is 9.14. The Morgan fingerprint density at radius 1 is 1.09 bits per heavy atom.